The molecule has 0 heteroatoms. The fourth-order valence-electron chi connectivity index (χ4n) is 8.30. The molecule has 0 amide bonds. The monoisotopic (exact) mass is 616 g/mol. The number of hydrogen-bond donors (Lipinski definition) is 0. The average Bonchev–Trinajstić information content (AvgIpc) is 3.10. The van der Waals surface area contributed by atoms with Gasteiger partial charge in [-0.2, -0.15) is 0 Å². The van der Waals surface area contributed by atoms with Gasteiger partial charge in [-0.05, 0) is 129 Å². The van der Waals surface area contributed by atoms with Crippen LogP contribution in [0.25, 0.3) is 86.9 Å². The van der Waals surface area contributed by atoms with Crippen LogP contribution >= 0.6 is 0 Å². The maximum atomic E-state index is 2.47. The Morgan fingerprint density at radius 2 is 1.12 bits per heavy atom. The molecular weight excluding hydrogens is 577 g/mol. The molecule has 0 saturated carbocycles. The van der Waals surface area contributed by atoms with Crippen molar-refractivity contribution in [3.05, 3.63) is 144 Å². The summed E-state index contributed by atoms with van der Waals surface area (Å²) in [5.41, 5.74) is 9.35. The standard InChI is InChI=1S/C48H40/c1-6-10-36-35-12-8-7-11-31(35)27-44-37-13-9-14-38(39(37)23-24-40(36)44)45-28-43(30-17-15-29(2)16-18-30)41-21-19-32-25-34(48(3,4)5)26-33-20-22-42(45)47(41)46(32)33/h7-9,11-28H,6,10H2,1-5H3. The van der Waals surface area contributed by atoms with E-state index in [1.807, 2.05) is 0 Å². The van der Waals surface area contributed by atoms with Crippen LogP contribution in [0.5, 0.6) is 0 Å². The zero-order valence-electron chi connectivity index (χ0n) is 28.5. The van der Waals surface area contributed by atoms with Gasteiger partial charge < -0.3 is 0 Å². The molecule has 0 nitrogen and oxygen atoms in total. The molecule has 0 spiro atoms. The third kappa shape index (κ3) is 4.36. The quantitative estimate of drug-likeness (QED) is 0.136. The predicted molar refractivity (Wildman–Crippen MR) is 211 cm³/mol. The second kappa shape index (κ2) is 10.7. The first-order chi connectivity index (χ1) is 23.3. The van der Waals surface area contributed by atoms with E-state index in [1.165, 1.54) is 104 Å². The summed E-state index contributed by atoms with van der Waals surface area (Å²) >= 11 is 0. The normalized spacial score (nSPS) is 12.4. The highest BCUT2D eigenvalue weighted by molar-refractivity contribution is 6.29. The average molecular weight is 617 g/mol. The molecule has 0 aliphatic carbocycles. The van der Waals surface area contributed by atoms with Gasteiger partial charge >= 0.3 is 0 Å². The minimum Gasteiger partial charge on any atom is -0.0651 e. The molecule has 0 radical (unpaired) electrons. The van der Waals surface area contributed by atoms with E-state index in [2.05, 4.69) is 162 Å². The molecule has 0 unspecified atom stereocenters. The molecule has 0 atom stereocenters. The molecule has 0 aliphatic rings. The molecular formula is C48H40. The van der Waals surface area contributed by atoms with E-state index in [-0.39, 0.29) is 5.41 Å². The minimum atomic E-state index is 0.0801. The number of benzene rings is 9. The summed E-state index contributed by atoms with van der Waals surface area (Å²) in [6, 6.07) is 48.9. The van der Waals surface area contributed by atoms with Crippen LogP contribution in [0.4, 0.5) is 0 Å². The second-order valence-corrected chi connectivity index (χ2v) is 14.9. The van der Waals surface area contributed by atoms with Gasteiger partial charge in [-0.25, -0.2) is 0 Å². The van der Waals surface area contributed by atoms with E-state index in [9.17, 15) is 0 Å². The smallest absolute Gasteiger partial charge is 0.00143 e. The Labute approximate surface area is 283 Å². The maximum absolute atomic E-state index is 2.47. The lowest BCUT2D eigenvalue weighted by Gasteiger charge is -2.23. The molecule has 0 saturated heterocycles. The van der Waals surface area contributed by atoms with E-state index >= 15 is 0 Å². The molecule has 0 bridgehead atoms. The van der Waals surface area contributed by atoms with Crippen molar-refractivity contribution in [1.29, 1.82) is 0 Å². The van der Waals surface area contributed by atoms with Crippen LogP contribution in [0.3, 0.4) is 0 Å². The summed E-state index contributed by atoms with van der Waals surface area (Å²) in [5, 5.41) is 16.1. The summed E-state index contributed by atoms with van der Waals surface area (Å²) < 4.78 is 0. The van der Waals surface area contributed by atoms with Crippen LogP contribution in [-0.4, -0.2) is 0 Å². The van der Waals surface area contributed by atoms with Gasteiger partial charge in [0.25, 0.3) is 0 Å². The molecule has 0 heterocycles. The van der Waals surface area contributed by atoms with E-state index in [0.29, 0.717) is 0 Å². The zero-order valence-corrected chi connectivity index (χ0v) is 28.5. The van der Waals surface area contributed by atoms with Crippen LogP contribution in [-0.2, 0) is 11.8 Å². The van der Waals surface area contributed by atoms with Crippen molar-refractivity contribution in [2.45, 2.75) is 52.9 Å². The van der Waals surface area contributed by atoms with Gasteiger partial charge in [-0.3, -0.25) is 0 Å². The molecule has 9 rings (SSSR count). The molecule has 9 aromatic carbocycles. The van der Waals surface area contributed by atoms with Crippen molar-refractivity contribution in [3.8, 4) is 22.3 Å². The summed E-state index contributed by atoms with van der Waals surface area (Å²) in [6.07, 6.45) is 2.21. The second-order valence-electron chi connectivity index (χ2n) is 14.9. The molecule has 0 aromatic heterocycles. The summed E-state index contributed by atoms with van der Waals surface area (Å²) in [4.78, 5) is 0. The van der Waals surface area contributed by atoms with Gasteiger partial charge in [0.15, 0.2) is 0 Å². The Bertz CT molecular complexity index is 2680. The molecule has 0 fully saturated rings. The van der Waals surface area contributed by atoms with Gasteiger partial charge in [0.2, 0.25) is 0 Å². The highest BCUT2D eigenvalue weighted by atomic mass is 14.2. The van der Waals surface area contributed by atoms with Crippen molar-refractivity contribution in [2.24, 2.45) is 0 Å². The van der Waals surface area contributed by atoms with Gasteiger partial charge in [0.05, 0.1) is 0 Å². The van der Waals surface area contributed by atoms with Gasteiger partial charge in [-0.15, -0.1) is 0 Å². The van der Waals surface area contributed by atoms with Crippen molar-refractivity contribution in [2.75, 3.05) is 0 Å². The SMILES string of the molecule is CCCc1c2ccccc2cc2c1ccc1c(-c3cc(-c4ccc(C)cc4)c4ccc5cc(C(C)(C)C)cc6ccc3c4c56)cccc12. The van der Waals surface area contributed by atoms with Crippen LogP contribution in [0.2, 0.25) is 0 Å². The van der Waals surface area contributed by atoms with Crippen LogP contribution in [0.15, 0.2) is 127 Å². The highest BCUT2D eigenvalue weighted by Gasteiger charge is 2.21. The van der Waals surface area contributed by atoms with Crippen molar-refractivity contribution < 1.29 is 0 Å². The molecule has 48 heavy (non-hydrogen) atoms. The number of hydrogen-bond acceptors (Lipinski definition) is 0. The number of fused-ring (bicyclic) bond motifs is 4. The lowest BCUT2D eigenvalue weighted by molar-refractivity contribution is 0.591. The van der Waals surface area contributed by atoms with Crippen LogP contribution in [0.1, 0.15) is 50.8 Å². The fourth-order valence-corrected chi connectivity index (χ4v) is 8.30. The molecule has 232 valence electrons. The van der Waals surface area contributed by atoms with E-state index in [1.54, 1.807) is 0 Å². The van der Waals surface area contributed by atoms with Crippen molar-refractivity contribution in [3.63, 3.8) is 0 Å². The van der Waals surface area contributed by atoms with Gasteiger partial charge in [0.1, 0.15) is 0 Å². The topological polar surface area (TPSA) is 0 Å². The summed E-state index contributed by atoms with van der Waals surface area (Å²) in [6.45, 7) is 11.4. The Morgan fingerprint density at radius 1 is 0.458 bits per heavy atom. The van der Waals surface area contributed by atoms with Crippen molar-refractivity contribution >= 4 is 64.6 Å². The Morgan fingerprint density at radius 3 is 1.85 bits per heavy atom. The third-order valence-electron chi connectivity index (χ3n) is 10.7. The summed E-state index contributed by atoms with van der Waals surface area (Å²) in [7, 11) is 0. The minimum absolute atomic E-state index is 0.0801. The maximum Gasteiger partial charge on any atom is -0.00143 e. The lowest BCUT2D eigenvalue weighted by Crippen LogP contribution is -2.10. The summed E-state index contributed by atoms with van der Waals surface area (Å²) in [5.74, 6) is 0. The fraction of sp³-hybridized carbons (Fsp3) is 0.167. The first kappa shape index (κ1) is 29.0. The van der Waals surface area contributed by atoms with Gasteiger partial charge in [-0.1, -0.05) is 155 Å². The highest BCUT2D eigenvalue weighted by Crippen LogP contribution is 2.47. The molecule has 9 aromatic rings. The first-order valence-corrected chi connectivity index (χ1v) is 17.5. The first-order valence-electron chi connectivity index (χ1n) is 17.5. The van der Waals surface area contributed by atoms with Crippen LogP contribution < -0.4 is 0 Å². The lowest BCUT2D eigenvalue weighted by atomic mass is 9.81. The predicted octanol–water partition coefficient (Wildman–Crippen LogP) is 13.9. The van der Waals surface area contributed by atoms with Crippen molar-refractivity contribution in [1.82, 2.24) is 0 Å². The number of aryl methyl sites for hydroxylation is 2. The number of rotatable bonds is 4. The zero-order chi connectivity index (χ0) is 32.7. The Balaban J connectivity index is 1.40. The molecule has 0 aliphatic heterocycles. The van der Waals surface area contributed by atoms with Crippen LogP contribution in [0, 0.1) is 6.92 Å². The van der Waals surface area contributed by atoms with Gasteiger partial charge in [0, 0.05) is 0 Å². The largest absolute Gasteiger partial charge is 0.0651 e. The Kier molecular flexibility index (Phi) is 6.43. The third-order valence-corrected chi connectivity index (χ3v) is 10.7. The van der Waals surface area contributed by atoms with E-state index < -0.39 is 0 Å². The Hall–Kier alpha value is -5.20. The van der Waals surface area contributed by atoms with E-state index in [4.69, 9.17) is 0 Å². The molecule has 0 N–H and O–H groups in total. The van der Waals surface area contributed by atoms with E-state index in [0.717, 1.165) is 12.8 Å².